The third kappa shape index (κ3) is 6.83. The van der Waals surface area contributed by atoms with Crippen LogP contribution in [0.3, 0.4) is 0 Å². The largest absolute Gasteiger partial charge is 0.356 e. The van der Waals surface area contributed by atoms with Crippen molar-refractivity contribution in [3.05, 3.63) is 59.2 Å². The fraction of sp³-hybridized carbons (Fsp3) is 0.444. The maximum Gasteiger partial charge on any atom is 0.257 e. The van der Waals surface area contributed by atoms with E-state index in [0.29, 0.717) is 17.1 Å². The maximum absolute atomic E-state index is 12.8. The van der Waals surface area contributed by atoms with E-state index >= 15 is 0 Å². The summed E-state index contributed by atoms with van der Waals surface area (Å²) in [5.74, 6) is 0.493. The molecular weight excluding hydrogens is 426 g/mol. The molecule has 0 saturated heterocycles. The van der Waals surface area contributed by atoms with E-state index in [9.17, 15) is 9.59 Å². The summed E-state index contributed by atoms with van der Waals surface area (Å²) in [5, 5.41) is 12.5. The van der Waals surface area contributed by atoms with Crippen molar-refractivity contribution in [3.8, 4) is 0 Å². The van der Waals surface area contributed by atoms with E-state index in [2.05, 4.69) is 54.0 Å². The molecule has 1 aliphatic rings. The SMILES string of the molecule is CCCC(CC)NC(=O)c1cccc(Nc2ccc(C(=O)NC3=NCCCN3)cc2C(C)C)c1. The highest BCUT2D eigenvalue weighted by Crippen LogP contribution is 2.29. The van der Waals surface area contributed by atoms with Gasteiger partial charge in [-0.3, -0.25) is 19.9 Å². The number of rotatable bonds is 9. The molecule has 4 N–H and O–H groups in total. The first-order valence-electron chi connectivity index (χ1n) is 12.3. The van der Waals surface area contributed by atoms with Gasteiger partial charge in [-0.2, -0.15) is 0 Å². The van der Waals surface area contributed by atoms with E-state index in [1.54, 1.807) is 6.07 Å². The summed E-state index contributed by atoms with van der Waals surface area (Å²) in [5.41, 5.74) is 3.97. The highest BCUT2D eigenvalue weighted by Gasteiger charge is 2.16. The quantitative estimate of drug-likeness (QED) is 0.424. The molecule has 34 heavy (non-hydrogen) atoms. The fourth-order valence-electron chi connectivity index (χ4n) is 3.98. The Bertz CT molecular complexity index is 1030. The van der Waals surface area contributed by atoms with Crippen LogP contribution in [-0.2, 0) is 0 Å². The summed E-state index contributed by atoms with van der Waals surface area (Å²) >= 11 is 0. The van der Waals surface area contributed by atoms with Crippen LogP contribution in [0.15, 0.2) is 47.5 Å². The lowest BCUT2D eigenvalue weighted by Crippen LogP contribution is -2.43. The standard InChI is InChI=1S/C27H37N5O2/c1-5-9-21(6-2)31-25(33)19-10-7-11-22(16-19)30-24-13-12-20(17-23(24)18(3)4)26(34)32-27-28-14-8-15-29-27/h7,10-13,16-18,21,30H,5-6,8-9,14-15H2,1-4H3,(H,31,33)(H2,28,29,32,34). The van der Waals surface area contributed by atoms with E-state index in [4.69, 9.17) is 0 Å². The number of amides is 2. The van der Waals surface area contributed by atoms with Gasteiger partial charge in [-0.25, -0.2) is 0 Å². The Hall–Kier alpha value is -3.35. The average Bonchev–Trinajstić information content (AvgIpc) is 2.84. The molecule has 0 aliphatic carbocycles. The lowest BCUT2D eigenvalue weighted by molar-refractivity contribution is 0.0932. The van der Waals surface area contributed by atoms with Crippen molar-refractivity contribution in [2.45, 2.75) is 65.3 Å². The van der Waals surface area contributed by atoms with Crippen molar-refractivity contribution in [1.29, 1.82) is 0 Å². The second-order valence-corrected chi connectivity index (χ2v) is 8.99. The van der Waals surface area contributed by atoms with Crippen LogP contribution in [0.2, 0.25) is 0 Å². The van der Waals surface area contributed by atoms with Gasteiger partial charge >= 0.3 is 0 Å². The Morgan fingerprint density at radius 1 is 1.06 bits per heavy atom. The van der Waals surface area contributed by atoms with E-state index in [0.717, 1.165) is 55.7 Å². The Labute approximate surface area is 202 Å². The van der Waals surface area contributed by atoms with Crippen LogP contribution in [0.1, 0.15) is 85.6 Å². The molecular formula is C27H37N5O2. The monoisotopic (exact) mass is 463 g/mol. The molecule has 2 amide bonds. The van der Waals surface area contributed by atoms with Gasteiger partial charge in [0, 0.05) is 41.6 Å². The number of carbonyl (C=O) groups excluding carboxylic acids is 2. The van der Waals surface area contributed by atoms with Crippen molar-refractivity contribution < 1.29 is 9.59 Å². The molecule has 0 bridgehead atoms. The third-order valence-electron chi connectivity index (χ3n) is 5.93. The molecule has 1 atom stereocenters. The lowest BCUT2D eigenvalue weighted by atomic mass is 9.98. The number of carbonyl (C=O) groups is 2. The fourth-order valence-corrected chi connectivity index (χ4v) is 3.98. The highest BCUT2D eigenvalue weighted by molar-refractivity contribution is 6.06. The zero-order chi connectivity index (χ0) is 24.5. The topological polar surface area (TPSA) is 94.6 Å². The predicted molar refractivity (Wildman–Crippen MR) is 139 cm³/mol. The minimum absolute atomic E-state index is 0.0562. The summed E-state index contributed by atoms with van der Waals surface area (Å²) in [4.78, 5) is 29.8. The molecule has 182 valence electrons. The van der Waals surface area contributed by atoms with E-state index in [-0.39, 0.29) is 23.8 Å². The summed E-state index contributed by atoms with van der Waals surface area (Å²) < 4.78 is 0. The molecule has 2 aromatic rings. The molecule has 3 rings (SSSR count). The van der Waals surface area contributed by atoms with Gasteiger partial charge in [-0.05, 0) is 67.1 Å². The molecule has 0 fully saturated rings. The number of guanidine groups is 1. The number of anilines is 2. The molecule has 0 aromatic heterocycles. The van der Waals surface area contributed by atoms with Crippen LogP contribution in [0, 0.1) is 0 Å². The number of benzene rings is 2. The second-order valence-electron chi connectivity index (χ2n) is 8.99. The molecule has 7 heteroatoms. The molecule has 2 aromatic carbocycles. The van der Waals surface area contributed by atoms with E-state index in [1.807, 2.05) is 36.4 Å². The second kappa shape index (κ2) is 12.2. The van der Waals surface area contributed by atoms with Gasteiger partial charge in [0.25, 0.3) is 11.8 Å². The van der Waals surface area contributed by atoms with Gasteiger partial charge in [-0.1, -0.05) is 40.2 Å². The van der Waals surface area contributed by atoms with Gasteiger partial charge < -0.3 is 16.0 Å². The zero-order valence-electron chi connectivity index (χ0n) is 20.7. The molecule has 0 radical (unpaired) electrons. The summed E-state index contributed by atoms with van der Waals surface area (Å²) in [6, 6.07) is 13.4. The lowest BCUT2D eigenvalue weighted by Gasteiger charge is -2.19. The van der Waals surface area contributed by atoms with Crippen molar-refractivity contribution in [2.75, 3.05) is 18.4 Å². The van der Waals surface area contributed by atoms with Gasteiger partial charge in [-0.15, -0.1) is 0 Å². The first-order valence-corrected chi connectivity index (χ1v) is 12.3. The van der Waals surface area contributed by atoms with Crippen molar-refractivity contribution >= 4 is 29.1 Å². The van der Waals surface area contributed by atoms with Crippen LogP contribution < -0.4 is 21.3 Å². The first-order chi connectivity index (χ1) is 16.4. The molecule has 1 heterocycles. The Balaban J connectivity index is 1.76. The zero-order valence-corrected chi connectivity index (χ0v) is 20.7. The molecule has 1 aliphatic heterocycles. The van der Waals surface area contributed by atoms with Gasteiger partial charge in [0.1, 0.15) is 0 Å². The van der Waals surface area contributed by atoms with Gasteiger partial charge in [0.15, 0.2) is 5.96 Å². The summed E-state index contributed by atoms with van der Waals surface area (Å²) in [7, 11) is 0. The van der Waals surface area contributed by atoms with Crippen LogP contribution in [0.4, 0.5) is 11.4 Å². The van der Waals surface area contributed by atoms with E-state index < -0.39 is 0 Å². The van der Waals surface area contributed by atoms with Crippen molar-refractivity contribution in [2.24, 2.45) is 4.99 Å². The Kier molecular flexibility index (Phi) is 9.08. The normalized spacial score (nSPS) is 14.1. The molecule has 1 unspecified atom stereocenters. The van der Waals surface area contributed by atoms with Crippen LogP contribution in [0.25, 0.3) is 0 Å². The number of nitrogens with zero attached hydrogens (tertiary/aromatic N) is 1. The van der Waals surface area contributed by atoms with E-state index in [1.165, 1.54) is 0 Å². The highest BCUT2D eigenvalue weighted by atomic mass is 16.2. The number of hydrogen-bond donors (Lipinski definition) is 4. The Morgan fingerprint density at radius 2 is 1.85 bits per heavy atom. The molecule has 7 nitrogen and oxygen atoms in total. The molecule has 0 saturated carbocycles. The Morgan fingerprint density at radius 3 is 2.53 bits per heavy atom. The summed E-state index contributed by atoms with van der Waals surface area (Å²) in [6.07, 6.45) is 3.90. The van der Waals surface area contributed by atoms with Crippen molar-refractivity contribution in [3.63, 3.8) is 0 Å². The third-order valence-corrected chi connectivity index (χ3v) is 5.93. The number of aliphatic imine (C=N–C) groups is 1. The number of hydrogen-bond acceptors (Lipinski definition) is 5. The first kappa shape index (κ1) is 25.3. The minimum Gasteiger partial charge on any atom is -0.356 e. The minimum atomic E-state index is -0.183. The van der Waals surface area contributed by atoms with Crippen molar-refractivity contribution in [1.82, 2.24) is 16.0 Å². The number of nitrogens with one attached hydrogen (secondary N) is 4. The summed E-state index contributed by atoms with van der Waals surface area (Å²) in [6.45, 7) is 9.94. The predicted octanol–water partition coefficient (Wildman–Crippen LogP) is 4.94. The van der Waals surface area contributed by atoms with Gasteiger partial charge in [0.05, 0.1) is 0 Å². The van der Waals surface area contributed by atoms with Gasteiger partial charge in [0.2, 0.25) is 0 Å². The maximum atomic E-state index is 12.8. The molecule has 0 spiro atoms. The van der Waals surface area contributed by atoms with Crippen LogP contribution in [0.5, 0.6) is 0 Å². The van der Waals surface area contributed by atoms with Crippen LogP contribution >= 0.6 is 0 Å². The smallest absolute Gasteiger partial charge is 0.257 e. The van der Waals surface area contributed by atoms with Crippen LogP contribution in [-0.4, -0.2) is 36.9 Å². The average molecular weight is 464 g/mol.